The third-order valence-corrected chi connectivity index (χ3v) is 9.93. The zero-order chi connectivity index (χ0) is 30.7. The SMILES string of the molecule is CC(C)NC(=O)[C@H](Cc1ccccc1)N(Cc1ccc(Cl)cc1Cl)C(=O)CCCN1c2cccc3cccc(c23)S1(=O)=O. The van der Waals surface area contributed by atoms with Crippen molar-refractivity contribution in [3.63, 3.8) is 0 Å². The van der Waals surface area contributed by atoms with Crippen molar-refractivity contribution in [2.45, 2.75) is 56.6 Å². The van der Waals surface area contributed by atoms with Gasteiger partial charge in [0.2, 0.25) is 11.8 Å². The normalized spacial score (nSPS) is 14.2. The first-order valence-electron chi connectivity index (χ1n) is 14.2. The summed E-state index contributed by atoms with van der Waals surface area (Å²) in [6, 6.07) is 24.4. The number of benzene rings is 4. The molecular weight excluding hydrogens is 605 g/mol. The maximum atomic E-state index is 14.0. The van der Waals surface area contributed by atoms with Gasteiger partial charge in [0.05, 0.1) is 10.6 Å². The molecule has 0 bridgehead atoms. The number of halogens is 2. The van der Waals surface area contributed by atoms with Crippen LogP contribution in [0.4, 0.5) is 5.69 Å². The van der Waals surface area contributed by atoms with Gasteiger partial charge < -0.3 is 10.2 Å². The molecule has 0 saturated carbocycles. The van der Waals surface area contributed by atoms with Crippen molar-refractivity contribution in [1.29, 1.82) is 0 Å². The monoisotopic (exact) mass is 637 g/mol. The lowest BCUT2D eigenvalue weighted by Gasteiger charge is -2.32. The van der Waals surface area contributed by atoms with Crippen LogP contribution in [0.5, 0.6) is 0 Å². The Kier molecular flexibility index (Phi) is 9.30. The quantitative estimate of drug-likeness (QED) is 0.201. The molecule has 43 heavy (non-hydrogen) atoms. The molecule has 10 heteroatoms. The van der Waals surface area contributed by atoms with Gasteiger partial charge in [-0.2, -0.15) is 0 Å². The van der Waals surface area contributed by atoms with E-state index in [0.717, 1.165) is 10.9 Å². The number of carbonyl (C=O) groups is 2. The van der Waals surface area contributed by atoms with Gasteiger partial charge in [-0.25, -0.2) is 8.42 Å². The molecule has 224 valence electrons. The second-order valence-corrected chi connectivity index (χ2v) is 13.6. The third kappa shape index (κ3) is 6.66. The van der Waals surface area contributed by atoms with Gasteiger partial charge in [-0.1, -0.05) is 83.9 Å². The molecule has 1 aliphatic heterocycles. The fraction of sp³-hybridized carbons (Fsp3) is 0.273. The van der Waals surface area contributed by atoms with E-state index < -0.39 is 16.1 Å². The Hall–Kier alpha value is -3.59. The topological polar surface area (TPSA) is 86.8 Å². The molecule has 0 aromatic heterocycles. The van der Waals surface area contributed by atoms with E-state index in [-0.39, 0.29) is 48.7 Å². The molecule has 0 saturated heterocycles. The zero-order valence-electron chi connectivity index (χ0n) is 24.0. The van der Waals surface area contributed by atoms with Crippen LogP contribution in [-0.2, 0) is 32.6 Å². The Morgan fingerprint density at radius 2 is 1.65 bits per heavy atom. The van der Waals surface area contributed by atoms with Crippen molar-refractivity contribution < 1.29 is 18.0 Å². The maximum Gasteiger partial charge on any atom is 0.265 e. The van der Waals surface area contributed by atoms with Gasteiger partial charge in [0.1, 0.15) is 6.04 Å². The minimum absolute atomic E-state index is 0.0315. The second kappa shape index (κ2) is 13.0. The molecule has 2 amide bonds. The smallest absolute Gasteiger partial charge is 0.265 e. The minimum Gasteiger partial charge on any atom is -0.352 e. The van der Waals surface area contributed by atoms with Crippen molar-refractivity contribution in [2.24, 2.45) is 0 Å². The van der Waals surface area contributed by atoms with Gasteiger partial charge >= 0.3 is 0 Å². The number of nitrogens with zero attached hydrogens (tertiary/aromatic N) is 2. The van der Waals surface area contributed by atoms with Crippen LogP contribution >= 0.6 is 23.2 Å². The Bertz CT molecular complexity index is 1760. The number of amides is 2. The highest BCUT2D eigenvalue weighted by molar-refractivity contribution is 7.93. The number of anilines is 1. The van der Waals surface area contributed by atoms with Crippen LogP contribution in [0.15, 0.2) is 89.8 Å². The number of hydrogen-bond donors (Lipinski definition) is 1. The van der Waals surface area contributed by atoms with Gasteiger partial charge in [0, 0.05) is 47.4 Å². The van der Waals surface area contributed by atoms with E-state index in [9.17, 15) is 18.0 Å². The fourth-order valence-electron chi connectivity index (χ4n) is 5.48. The summed E-state index contributed by atoms with van der Waals surface area (Å²) >= 11 is 12.6. The number of sulfonamides is 1. The van der Waals surface area contributed by atoms with Crippen LogP contribution < -0.4 is 9.62 Å². The van der Waals surface area contributed by atoms with Crippen molar-refractivity contribution in [3.05, 3.63) is 106 Å². The van der Waals surface area contributed by atoms with E-state index in [0.29, 0.717) is 33.1 Å². The molecule has 7 nitrogen and oxygen atoms in total. The Morgan fingerprint density at radius 3 is 2.35 bits per heavy atom. The van der Waals surface area contributed by atoms with Gasteiger partial charge in [-0.15, -0.1) is 0 Å². The van der Waals surface area contributed by atoms with Crippen molar-refractivity contribution in [2.75, 3.05) is 10.8 Å². The zero-order valence-corrected chi connectivity index (χ0v) is 26.3. The van der Waals surface area contributed by atoms with Crippen LogP contribution in [0.25, 0.3) is 10.8 Å². The summed E-state index contributed by atoms with van der Waals surface area (Å²) in [6.45, 7) is 3.95. The largest absolute Gasteiger partial charge is 0.352 e. The van der Waals surface area contributed by atoms with Crippen LogP contribution in [0.1, 0.15) is 37.8 Å². The number of hydrogen-bond acceptors (Lipinski definition) is 4. The maximum absolute atomic E-state index is 14.0. The summed E-state index contributed by atoms with van der Waals surface area (Å²) in [5, 5.41) is 5.37. The van der Waals surface area contributed by atoms with Gasteiger partial charge in [0.25, 0.3) is 10.0 Å². The third-order valence-electron chi connectivity index (χ3n) is 7.49. The molecule has 0 aliphatic carbocycles. The first kappa shape index (κ1) is 30.9. The van der Waals surface area contributed by atoms with E-state index in [1.807, 2.05) is 62.4 Å². The van der Waals surface area contributed by atoms with Crippen molar-refractivity contribution in [1.82, 2.24) is 10.2 Å². The Morgan fingerprint density at radius 1 is 0.930 bits per heavy atom. The number of carbonyl (C=O) groups excluding carboxylic acids is 2. The lowest BCUT2D eigenvalue weighted by Crippen LogP contribution is -2.51. The number of rotatable bonds is 11. The first-order chi connectivity index (χ1) is 20.6. The van der Waals surface area contributed by atoms with Crippen LogP contribution in [0.3, 0.4) is 0 Å². The molecule has 0 unspecified atom stereocenters. The summed E-state index contributed by atoms with van der Waals surface area (Å²) in [5.41, 5.74) is 2.17. The molecule has 4 aromatic rings. The standard InChI is InChI=1S/C33H33Cl2N3O4S/c1-22(2)36-33(40)29(19-23-9-4-3-5-10-23)37(21-25-16-17-26(34)20-27(25)35)31(39)15-8-18-38-28-13-6-11-24-12-7-14-30(32(24)28)43(38,41)42/h3-7,9-14,16-17,20,22,29H,8,15,18-19,21H2,1-2H3,(H,36,40)/t29-/m0/s1. The molecule has 0 radical (unpaired) electrons. The van der Waals surface area contributed by atoms with Crippen molar-refractivity contribution in [3.8, 4) is 0 Å². The highest BCUT2D eigenvalue weighted by Gasteiger charge is 2.36. The van der Waals surface area contributed by atoms with E-state index in [1.54, 1.807) is 41.3 Å². The minimum atomic E-state index is -3.74. The lowest BCUT2D eigenvalue weighted by molar-refractivity contribution is -0.141. The van der Waals surface area contributed by atoms with Crippen LogP contribution in [0, 0.1) is 0 Å². The predicted octanol–water partition coefficient (Wildman–Crippen LogP) is 6.60. The summed E-state index contributed by atoms with van der Waals surface area (Å²) in [5.74, 6) is -0.556. The van der Waals surface area contributed by atoms with Crippen LogP contribution in [-0.4, -0.2) is 43.8 Å². The summed E-state index contributed by atoms with van der Waals surface area (Å²) in [7, 11) is -3.74. The molecule has 5 rings (SSSR count). The van der Waals surface area contributed by atoms with E-state index in [4.69, 9.17) is 23.2 Å². The summed E-state index contributed by atoms with van der Waals surface area (Å²) in [4.78, 5) is 29.4. The van der Waals surface area contributed by atoms with E-state index in [2.05, 4.69) is 5.32 Å². The molecular formula is C33H33Cl2N3O4S. The van der Waals surface area contributed by atoms with Gasteiger partial charge in [-0.05, 0) is 61.0 Å². The molecule has 1 heterocycles. The second-order valence-electron chi connectivity index (χ2n) is 10.9. The molecule has 1 N–H and O–H groups in total. The number of nitrogens with one attached hydrogen (secondary N) is 1. The van der Waals surface area contributed by atoms with Gasteiger partial charge in [-0.3, -0.25) is 13.9 Å². The summed E-state index contributed by atoms with van der Waals surface area (Å²) < 4.78 is 28.3. The fourth-order valence-corrected chi connectivity index (χ4v) is 7.70. The highest BCUT2D eigenvalue weighted by atomic mass is 35.5. The van der Waals surface area contributed by atoms with Crippen LogP contribution in [0.2, 0.25) is 10.0 Å². The average Bonchev–Trinajstić information content (AvgIpc) is 3.19. The van der Waals surface area contributed by atoms with E-state index in [1.165, 1.54) is 4.31 Å². The molecule has 1 atom stereocenters. The highest BCUT2D eigenvalue weighted by Crippen LogP contribution is 2.42. The molecule has 1 aliphatic rings. The van der Waals surface area contributed by atoms with Crippen molar-refractivity contribution >= 4 is 61.5 Å². The molecule has 4 aromatic carbocycles. The predicted molar refractivity (Wildman–Crippen MR) is 172 cm³/mol. The summed E-state index contributed by atoms with van der Waals surface area (Å²) in [6.07, 6.45) is 0.592. The first-order valence-corrected chi connectivity index (χ1v) is 16.4. The lowest BCUT2D eigenvalue weighted by atomic mass is 10.0. The molecule has 0 spiro atoms. The Labute approximate surface area is 262 Å². The molecule has 0 fully saturated rings. The Balaban J connectivity index is 1.41. The average molecular weight is 639 g/mol. The van der Waals surface area contributed by atoms with Gasteiger partial charge in [0.15, 0.2) is 0 Å². The van der Waals surface area contributed by atoms with E-state index >= 15 is 0 Å².